The van der Waals surface area contributed by atoms with Gasteiger partial charge in [-0.1, -0.05) is 0 Å². The number of isocyanates is 1. The summed E-state index contributed by atoms with van der Waals surface area (Å²) in [6.07, 6.45) is -0.395. The van der Waals surface area contributed by atoms with Gasteiger partial charge in [0.15, 0.2) is 0 Å². The molecule has 0 saturated heterocycles. The maximum atomic E-state index is 10.2. The van der Waals surface area contributed by atoms with E-state index in [9.17, 15) is 14.4 Å². The number of carbonyl (C=O) groups excluding carboxylic acids is 3. The molecule has 0 rings (SSSR count). The van der Waals surface area contributed by atoms with E-state index in [-0.39, 0.29) is 5.17 Å². The van der Waals surface area contributed by atoms with E-state index in [0.717, 1.165) is 6.08 Å². The number of nitrogens with zero attached hydrogens (tertiary/aromatic N) is 2. The molecule has 0 fully saturated rings. The molecular formula is C3H4N4O4. The van der Waals surface area contributed by atoms with Crippen LogP contribution in [0.3, 0.4) is 0 Å². The monoisotopic (exact) mass is 160 g/mol. The Hall–Kier alpha value is -2.08. The summed E-state index contributed by atoms with van der Waals surface area (Å²) in [6.45, 7) is 0. The molecule has 0 radical (unpaired) electrons. The molecule has 4 N–H and O–H groups in total. The van der Waals surface area contributed by atoms with Crippen LogP contribution in [0.25, 0.3) is 0 Å². The van der Waals surface area contributed by atoms with Gasteiger partial charge in [0.2, 0.25) is 0 Å². The van der Waals surface area contributed by atoms with E-state index < -0.39 is 12.1 Å². The maximum absolute atomic E-state index is 10.2. The fourth-order valence-electron chi connectivity index (χ4n) is 0.237. The van der Waals surface area contributed by atoms with Gasteiger partial charge in [-0.3, -0.25) is 4.84 Å². The van der Waals surface area contributed by atoms with Crippen molar-refractivity contribution in [1.29, 1.82) is 0 Å². The first kappa shape index (κ1) is 8.92. The SMILES string of the molecule is NC(=O)ON(N=C=O)C(N)=O. The van der Waals surface area contributed by atoms with Gasteiger partial charge in [-0.05, 0) is 10.3 Å². The molecule has 8 heteroatoms. The molecule has 0 aliphatic rings. The third-order valence-corrected chi connectivity index (χ3v) is 0.497. The Morgan fingerprint density at radius 3 is 2.27 bits per heavy atom. The van der Waals surface area contributed by atoms with Crippen molar-refractivity contribution in [1.82, 2.24) is 5.17 Å². The number of hydrazone groups is 1. The molecule has 0 aliphatic heterocycles. The number of hydroxylamine groups is 1. The average Bonchev–Trinajstić information content (AvgIpc) is 1.86. The summed E-state index contributed by atoms with van der Waals surface area (Å²) in [5, 5.41) is 2.51. The van der Waals surface area contributed by atoms with Crippen LogP contribution < -0.4 is 11.5 Å². The third-order valence-electron chi connectivity index (χ3n) is 0.497. The second kappa shape index (κ2) is 3.85. The number of rotatable bonds is 1. The number of hydrogen-bond acceptors (Lipinski definition) is 5. The second-order valence-corrected chi connectivity index (χ2v) is 1.21. The van der Waals surface area contributed by atoms with Gasteiger partial charge in [-0.2, -0.15) is 0 Å². The number of primary amides is 2. The molecule has 0 saturated carbocycles. The highest BCUT2D eigenvalue weighted by Crippen LogP contribution is 1.88. The minimum absolute atomic E-state index is 0.0880. The molecule has 0 unspecified atom stereocenters. The number of hydrogen-bond donors (Lipinski definition) is 2. The maximum Gasteiger partial charge on any atom is 0.430 e. The van der Waals surface area contributed by atoms with Crippen LogP contribution in [0.5, 0.6) is 0 Å². The molecule has 0 aliphatic carbocycles. The molecule has 11 heavy (non-hydrogen) atoms. The Bertz CT molecular complexity index is 217. The molecule has 0 aromatic rings. The van der Waals surface area contributed by atoms with Crippen molar-refractivity contribution >= 4 is 18.2 Å². The fraction of sp³-hybridized carbons (Fsp3) is 0. The molecule has 0 atom stereocenters. The first-order chi connectivity index (χ1) is 5.07. The van der Waals surface area contributed by atoms with Crippen molar-refractivity contribution in [2.45, 2.75) is 0 Å². The zero-order valence-corrected chi connectivity index (χ0v) is 5.18. The normalized spacial score (nSPS) is 7.64. The predicted molar refractivity (Wildman–Crippen MR) is 30.2 cm³/mol. The summed E-state index contributed by atoms with van der Waals surface area (Å²) < 4.78 is 0. The molecule has 0 heterocycles. The van der Waals surface area contributed by atoms with Crippen LogP contribution in [0.4, 0.5) is 9.59 Å². The first-order valence-electron chi connectivity index (χ1n) is 2.22. The van der Waals surface area contributed by atoms with E-state index in [1.807, 2.05) is 0 Å². The third kappa shape index (κ3) is 3.49. The summed E-state index contributed by atoms with van der Waals surface area (Å²) in [7, 11) is 0. The smallest absolute Gasteiger partial charge is 0.347 e. The molecule has 0 spiro atoms. The van der Waals surface area contributed by atoms with Crippen molar-refractivity contribution in [3.63, 3.8) is 0 Å². The lowest BCUT2D eigenvalue weighted by atomic mass is 11.1. The van der Waals surface area contributed by atoms with E-state index in [4.69, 9.17) is 0 Å². The fourth-order valence-corrected chi connectivity index (χ4v) is 0.237. The Morgan fingerprint density at radius 2 is 2.00 bits per heavy atom. The Morgan fingerprint density at radius 1 is 1.45 bits per heavy atom. The van der Waals surface area contributed by atoms with Gasteiger partial charge in [-0.15, -0.1) is 0 Å². The summed E-state index contributed by atoms with van der Waals surface area (Å²) in [5.74, 6) is 0. The highest BCUT2D eigenvalue weighted by Gasteiger charge is 2.11. The minimum atomic E-state index is -1.32. The lowest BCUT2D eigenvalue weighted by Gasteiger charge is -2.07. The van der Waals surface area contributed by atoms with Crippen molar-refractivity contribution in [3.8, 4) is 0 Å². The lowest BCUT2D eigenvalue weighted by molar-refractivity contribution is -0.0493. The van der Waals surface area contributed by atoms with E-state index in [1.165, 1.54) is 0 Å². The number of amides is 3. The lowest BCUT2D eigenvalue weighted by Crippen LogP contribution is -2.35. The molecular weight excluding hydrogens is 156 g/mol. The van der Waals surface area contributed by atoms with Gasteiger partial charge in [0.05, 0.1) is 0 Å². The van der Waals surface area contributed by atoms with Gasteiger partial charge in [0.1, 0.15) is 0 Å². The van der Waals surface area contributed by atoms with Gasteiger partial charge in [0, 0.05) is 0 Å². The van der Waals surface area contributed by atoms with Crippen molar-refractivity contribution in [2.24, 2.45) is 16.6 Å². The van der Waals surface area contributed by atoms with E-state index >= 15 is 0 Å². The number of nitrogens with two attached hydrogens (primary N) is 2. The van der Waals surface area contributed by atoms with Crippen molar-refractivity contribution < 1.29 is 19.2 Å². The van der Waals surface area contributed by atoms with Crippen molar-refractivity contribution in [2.75, 3.05) is 0 Å². The highest BCUT2D eigenvalue weighted by molar-refractivity contribution is 5.74. The summed E-state index contributed by atoms with van der Waals surface area (Å²) in [6, 6.07) is -1.26. The van der Waals surface area contributed by atoms with Crippen LogP contribution in [0.15, 0.2) is 5.10 Å². The summed E-state index contributed by atoms with van der Waals surface area (Å²) in [4.78, 5) is 33.5. The van der Waals surface area contributed by atoms with Gasteiger partial charge in [0.25, 0.3) is 6.08 Å². The van der Waals surface area contributed by atoms with E-state index in [1.54, 1.807) is 0 Å². The van der Waals surface area contributed by atoms with Crippen molar-refractivity contribution in [3.05, 3.63) is 0 Å². The predicted octanol–water partition coefficient (Wildman–Crippen LogP) is -1.37. The van der Waals surface area contributed by atoms with Gasteiger partial charge < -0.3 is 11.5 Å². The quantitative estimate of drug-likeness (QED) is 0.278. The van der Waals surface area contributed by atoms with E-state index in [2.05, 4.69) is 21.4 Å². The second-order valence-electron chi connectivity index (χ2n) is 1.21. The highest BCUT2D eigenvalue weighted by atomic mass is 16.8. The van der Waals surface area contributed by atoms with Crippen LogP contribution in [0.1, 0.15) is 0 Å². The first-order valence-corrected chi connectivity index (χ1v) is 2.22. The van der Waals surface area contributed by atoms with Crippen LogP contribution in [-0.2, 0) is 9.63 Å². The molecule has 0 bridgehead atoms. The standard InChI is InChI=1S/C3H4N4O4/c4-2(9)7(6-1-8)11-3(5)10/h(H2,4,9)(H2,5,10). The van der Waals surface area contributed by atoms with Gasteiger partial charge in [-0.25, -0.2) is 14.4 Å². The number of urea groups is 1. The largest absolute Gasteiger partial charge is 0.430 e. The Balaban J connectivity index is 4.22. The molecule has 0 aromatic carbocycles. The topological polar surface area (TPSA) is 128 Å². The molecule has 0 aromatic heterocycles. The van der Waals surface area contributed by atoms with Crippen LogP contribution >= 0.6 is 0 Å². The number of carbonyl (C=O) groups is 2. The molecule has 3 amide bonds. The summed E-state index contributed by atoms with van der Waals surface area (Å²) in [5.41, 5.74) is 9.01. The zero-order valence-electron chi connectivity index (χ0n) is 5.18. The van der Waals surface area contributed by atoms with Crippen LogP contribution in [-0.4, -0.2) is 23.4 Å². The molecule has 8 nitrogen and oxygen atoms in total. The molecule has 60 valence electrons. The van der Waals surface area contributed by atoms with Gasteiger partial charge >= 0.3 is 12.1 Å². The Kier molecular flexibility index (Phi) is 3.13. The minimum Gasteiger partial charge on any atom is -0.347 e. The average molecular weight is 160 g/mol. The van der Waals surface area contributed by atoms with Crippen LogP contribution in [0.2, 0.25) is 0 Å². The van der Waals surface area contributed by atoms with E-state index in [0.29, 0.717) is 0 Å². The zero-order chi connectivity index (χ0) is 8.85. The van der Waals surface area contributed by atoms with Crippen LogP contribution in [0, 0.1) is 0 Å². The Labute approximate surface area is 60.3 Å². The summed E-state index contributed by atoms with van der Waals surface area (Å²) >= 11 is 0.